The highest BCUT2D eigenvalue weighted by Crippen LogP contribution is 2.35. The number of aryl methyl sites for hydroxylation is 2. The first kappa shape index (κ1) is 20.1. The van der Waals surface area contributed by atoms with Crippen molar-refractivity contribution in [3.63, 3.8) is 0 Å². The molecule has 1 N–H and O–H groups in total. The first-order valence-corrected chi connectivity index (χ1v) is 10.6. The Morgan fingerprint density at radius 2 is 2.07 bits per heavy atom. The SMILES string of the molecule is Cc1ccc2nc(NC(=O)CCCOc3cc(C)c(Cl)c(C)c3Br)sc2c1. The number of amides is 1. The number of nitrogens with one attached hydrogen (secondary N) is 1. The quantitative estimate of drug-likeness (QED) is 0.425. The summed E-state index contributed by atoms with van der Waals surface area (Å²) in [6.45, 7) is 6.38. The van der Waals surface area contributed by atoms with E-state index in [1.807, 2.05) is 39.0 Å². The minimum Gasteiger partial charge on any atom is -0.492 e. The zero-order valence-corrected chi connectivity index (χ0v) is 18.5. The zero-order chi connectivity index (χ0) is 19.6. The lowest BCUT2D eigenvalue weighted by Crippen LogP contribution is -2.12. The Bertz CT molecular complexity index is 1000. The van der Waals surface area contributed by atoms with Crippen LogP contribution in [-0.2, 0) is 4.79 Å². The average molecular weight is 468 g/mol. The number of anilines is 1. The second-order valence-corrected chi connectivity index (χ2v) is 8.64. The lowest BCUT2D eigenvalue weighted by atomic mass is 10.1. The molecule has 0 saturated heterocycles. The summed E-state index contributed by atoms with van der Waals surface area (Å²) in [5.41, 5.74) is 4.01. The molecule has 3 aromatic rings. The summed E-state index contributed by atoms with van der Waals surface area (Å²) in [6, 6.07) is 7.97. The van der Waals surface area contributed by atoms with E-state index in [0.29, 0.717) is 24.6 Å². The molecule has 0 aliphatic rings. The van der Waals surface area contributed by atoms with Gasteiger partial charge in [-0.05, 0) is 78.0 Å². The predicted octanol–water partition coefficient (Wildman–Crippen LogP) is 6.44. The molecule has 4 nitrogen and oxygen atoms in total. The van der Waals surface area contributed by atoms with Crippen molar-refractivity contribution in [2.75, 3.05) is 11.9 Å². The Kier molecular flexibility index (Phi) is 6.40. The Balaban J connectivity index is 1.51. The first-order chi connectivity index (χ1) is 12.8. The van der Waals surface area contributed by atoms with E-state index in [9.17, 15) is 4.79 Å². The maximum absolute atomic E-state index is 12.2. The maximum atomic E-state index is 12.2. The molecule has 0 atom stereocenters. The molecule has 0 unspecified atom stereocenters. The molecule has 1 amide bonds. The number of hydrogen-bond donors (Lipinski definition) is 1. The molecule has 1 heterocycles. The van der Waals surface area contributed by atoms with Gasteiger partial charge in [-0.3, -0.25) is 4.79 Å². The smallest absolute Gasteiger partial charge is 0.226 e. The van der Waals surface area contributed by atoms with Crippen molar-refractivity contribution in [2.45, 2.75) is 33.6 Å². The van der Waals surface area contributed by atoms with Gasteiger partial charge < -0.3 is 10.1 Å². The van der Waals surface area contributed by atoms with Crippen molar-refractivity contribution < 1.29 is 9.53 Å². The number of fused-ring (bicyclic) bond motifs is 1. The van der Waals surface area contributed by atoms with E-state index in [2.05, 4.69) is 32.3 Å². The molecule has 0 radical (unpaired) electrons. The minimum atomic E-state index is -0.0584. The van der Waals surface area contributed by atoms with Crippen molar-refractivity contribution in [1.29, 1.82) is 0 Å². The number of carbonyl (C=O) groups is 1. The van der Waals surface area contributed by atoms with E-state index >= 15 is 0 Å². The Morgan fingerprint density at radius 3 is 2.85 bits per heavy atom. The van der Waals surface area contributed by atoms with Crippen molar-refractivity contribution in [1.82, 2.24) is 4.98 Å². The van der Waals surface area contributed by atoms with E-state index in [1.54, 1.807) is 0 Å². The molecule has 1 aromatic heterocycles. The predicted molar refractivity (Wildman–Crippen MR) is 116 cm³/mol. The summed E-state index contributed by atoms with van der Waals surface area (Å²) in [5, 5.41) is 4.24. The van der Waals surface area contributed by atoms with Gasteiger partial charge in [-0.25, -0.2) is 4.98 Å². The number of hydrogen-bond acceptors (Lipinski definition) is 4. The van der Waals surface area contributed by atoms with Crippen LogP contribution in [0.15, 0.2) is 28.7 Å². The van der Waals surface area contributed by atoms with E-state index in [4.69, 9.17) is 16.3 Å². The standard InChI is InChI=1S/C20H20BrClN2O2S/c1-11-6-7-14-16(9-11)27-20(23-14)24-17(25)5-4-8-26-15-10-12(2)19(22)13(3)18(15)21/h6-7,9-10H,4-5,8H2,1-3H3,(H,23,24,25). The summed E-state index contributed by atoms with van der Waals surface area (Å²) < 4.78 is 7.75. The van der Waals surface area contributed by atoms with E-state index in [-0.39, 0.29) is 5.91 Å². The molecule has 0 aliphatic carbocycles. The third kappa shape index (κ3) is 4.81. The monoisotopic (exact) mass is 466 g/mol. The van der Waals surface area contributed by atoms with Gasteiger partial charge in [0, 0.05) is 11.4 Å². The highest BCUT2D eigenvalue weighted by Gasteiger charge is 2.12. The number of nitrogens with zero attached hydrogens (tertiary/aromatic N) is 1. The fourth-order valence-corrected chi connectivity index (χ4v) is 4.36. The first-order valence-electron chi connectivity index (χ1n) is 8.60. The summed E-state index contributed by atoms with van der Waals surface area (Å²) in [7, 11) is 0. The highest BCUT2D eigenvalue weighted by atomic mass is 79.9. The zero-order valence-electron chi connectivity index (χ0n) is 15.4. The molecule has 0 bridgehead atoms. The normalized spacial score (nSPS) is 11.0. The number of halogens is 2. The fraction of sp³-hybridized carbons (Fsp3) is 0.300. The second-order valence-electron chi connectivity index (χ2n) is 6.43. The Morgan fingerprint density at radius 1 is 1.30 bits per heavy atom. The van der Waals surface area contributed by atoms with Crippen molar-refractivity contribution in [3.8, 4) is 5.75 Å². The maximum Gasteiger partial charge on any atom is 0.226 e. The van der Waals surface area contributed by atoms with Crippen LogP contribution >= 0.6 is 38.9 Å². The molecule has 3 rings (SSSR count). The van der Waals surface area contributed by atoms with Crippen LogP contribution < -0.4 is 10.1 Å². The lowest BCUT2D eigenvalue weighted by Gasteiger charge is -2.13. The molecule has 7 heteroatoms. The summed E-state index contributed by atoms with van der Waals surface area (Å²) >= 11 is 11.2. The number of rotatable bonds is 6. The minimum absolute atomic E-state index is 0.0584. The third-order valence-corrected chi connectivity index (χ3v) is 6.67. The van der Waals surface area contributed by atoms with Crippen LogP contribution in [0.2, 0.25) is 5.02 Å². The van der Waals surface area contributed by atoms with Gasteiger partial charge in [0.15, 0.2) is 5.13 Å². The van der Waals surface area contributed by atoms with Crippen LogP contribution in [0, 0.1) is 20.8 Å². The second kappa shape index (κ2) is 8.59. The molecule has 0 fully saturated rings. The van der Waals surface area contributed by atoms with Gasteiger partial charge >= 0.3 is 0 Å². The summed E-state index contributed by atoms with van der Waals surface area (Å²) in [5.74, 6) is 0.688. The Labute approximate surface area is 176 Å². The molecule has 142 valence electrons. The number of thiazole rings is 1. The summed E-state index contributed by atoms with van der Waals surface area (Å²) in [6.07, 6.45) is 0.987. The lowest BCUT2D eigenvalue weighted by molar-refractivity contribution is -0.116. The van der Waals surface area contributed by atoms with Crippen LogP contribution in [0.3, 0.4) is 0 Å². The van der Waals surface area contributed by atoms with Crippen molar-refractivity contribution in [3.05, 3.63) is 50.5 Å². The average Bonchev–Trinajstić information content (AvgIpc) is 3.02. The molecular weight excluding hydrogens is 448 g/mol. The number of benzene rings is 2. The number of aromatic nitrogens is 1. The van der Waals surface area contributed by atoms with Crippen LogP contribution in [0.5, 0.6) is 5.75 Å². The molecule has 0 aliphatic heterocycles. The van der Waals surface area contributed by atoms with Gasteiger partial charge in [0.1, 0.15) is 5.75 Å². The van der Waals surface area contributed by atoms with Gasteiger partial charge in [0.2, 0.25) is 5.91 Å². The van der Waals surface area contributed by atoms with Crippen LogP contribution in [0.4, 0.5) is 5.13 Å². The highest BCUT2D eigenvalue weighted by molar-refractivity contribution is 9.10. The van der Waals surface area contributed by atoms with Gasteiger partial charge in [0.05, 0.1) is 21.3 Å². The summed E-state index contributed by atoms with van der Waals surface area (Å²) in [4.78, 5) is 16.6. The van der Waals surface area contributed by atoms with Crippen LogP contribution in [-0.4, -0.2) is 17.5 Å². The molecule has 27 heavy (non-hydrogen) atoms. The topological polar surface area (TPSA) is 51.2 Å². The van der Waals surface area contributed by atoms with E-state index in [0.717, 1.165) is 36.6 Å². The Hall–Kier alpha value is -1.63. The molecular formula is C20H20BrClN2O2S. The third-order valence-electron chi connectivity index (χ3n) is 4.16. The van der Waals surface area contributed by atoms with Crippen LogP contribution in [0.25, 0.3) is 10.2 Å². The van der Waals surface area contributed by atoms with Gasteiger partial charge in [0.25, 0.3) is 0 Å². The molecule has 0 saturated carbocycles. The van der Waals surface area contributed by atoms with Crippen LogP contribution in [0.1, 0.15) is 29.5 Å². The largest absolute Gasteiger partial charge is 0.492 e. The molecule has 2 aromatic carbocycles. The van der Waals surface area contributed by atoms with E-state index in [1.165, 1.54) is 16.9 Å². The van der Waals surface area contributed by atoms with Gasteiger partial charge in [-0.2, -0.15) is 0 Å². The van der Waals surface area contributed by atoms with Crippen molar-refractivity contribution in [2.24, 2.45) is 0 Å². The van der Waals surface area contributed by atoms with Crippen molar-refractivity contribution >= 4 is 60.1 Å². The number of carbonyl (C=O) groups excluding carboxylic acids is 1. The molecule has 0 spiro atoms. The fourth-order valence-electron chi connectivity index (χ4n) is 2.69. The van der Waals surface area contributed by atoms with Gasteiger partial charge in [-0.15, -0.1) is 0 Å². The van der Waals surface area contributed by atoms with E-state index < -0.39 is 0 Å². The number of ether oxygens (including phenoxy) is 1. The van der Waals surface area contributed by atoms with Gasteiger partial charge in [-0.1, -0.05) is 29.0 Å².